The summed E-state index contributed by atoms with van der Waals surface area (Å²) in [4.78, 5) is 44.2. The van der Waals surface area contributed by atoms with E-state index in [0.717, 1.165) is 15.9 Å². The van der Waals surface area contributed by atoms with Gasteiger partial charge in [0.15, 0.2) is 0 Å². The van der Waals surface area contributed by atoms with Crippen LogP contribution in [0.5, 0.6) is 5.75 Å². The SMILES string of the molecule is COc1ccc2nc(CNC(=O)CN3C(=O)NC(C)(C)C3=O)[nH]c2c1. The largest absolute Gasteiger partial charge is 0.497 e. The molecule has 9 nitrogen and oxygen atoms in total. The molecule has 0 bridgehead atoms. The number of amides is 4. The summed E-state index contributed by atoms with van der Waals surface area (Å²) >= 11 is 0. The number of carbonyl (C=O) groups excluding carboxylic acids is 3. The molecular formula is C16H19N5O4. The van der Waals surface area contributed by atoms with Crippen LogP contribution in [0, 0.1) is 0 Å². The fourth-order valence-electron chi connectivity index (χ4n) is 2.60. The van der Waals surface area contributed by atoms with E-state index in [1.807, 2.05) is 12.1 Å². The lowest BCUT2D eigenvalue weighted by Gasteiger charge is -2.15. The van der Waals surface area contributed by atoms with Crippen molar-refractivity contribution in [3.63, 3.8) is 0 Å². The molecule has 25 heavy (non-hydrogen) atoms. The second-order valence-electron chi connectivity index (χ2n) is 6.29. The Balaban J connectivity index is 1.61. The highest BCUT2D eigenvalue weighted by Gasteiger charge is 2.44. The third kappa shape index (κ3) is 3.25. The number of carbonyl (C=O) groups is 3. The first kappa shape index (κ1) is 16.7. The van der Waals surface area contributed by atoms with E-state index < -0.39 is 23.4 Å². The summed E-state index contributed by atoms with van der Waals surface area (Å²) in [6.07, 6.45) is 0. The van der Waals surface area contributed by atoms with Crippen molar-refractivity contribution in [2.45, 2.75) is 25.9 Å². The highest BCUT2D eigenvalue weighted by atomic mass is 16.5. The van der Waals surface area contributed by atoms with Gasteiger partial charge in [0.05, 0.1) is 24.7 Å². The van der Waals surface area contributed by atoms with E-state index in [1.165, 1.54) is 0 Å². The number of ether oxygens (including phenoxy) is 1. The highest BCUT2D eigenvalue weighted by Crippen LogP contribution is 2.19. The molecule has 1 fully saturated rings. The Bertz CT molecular complexity index is 857. The Labute approximate surface area is 143 Å². The molecule has 0 atom stereocenters. The number of imidazole rings is 1. The summed E-state index contributed by atoms with van der Waals surface area (Å²) in [6.45, 7) is 3.01. The second-order valence-corrected chi connectivity index (χ2v) is 6.29. The van der Waals surface area contributed by atoms with Crippen LogP contribution in [0.15, 0.2) is 18.2 Å². The van der Waals surface area contributed by atoms with Crippen molar-refractivity contribution in [3.05, 3.63) is 24.0 Å². The summed E-state index contributed by atoms with van der Waals surface area (Å²) in [5.74, 6) is 0.393. The minimum absolute atomic E-state index is 0.156. The van der Waals surface area contributed by atoms with Crippen LogP contribution in [-0.2, 0) is 16.1 Å². The van der Waals surface area contributed by atoms with Gasteiger partial charge in [0.25, 0.3) is 5.91 Å². The molecule has 2 aromatic rings. The topological polar surface area (TPSA) is 116 Å². The van der Waals surface area contributed by atoms with Gasteiger partial charge in [0.2, 0.25) is 5.91 Å². The standard InChI is InChI=1S/C16H19N5O4/c1-16(2)14(23)21(15(24)20-16)8-13(22)17-7-12-18-10-5-4-9(25-3)6-11(10)19-12/h4-6H,7-8H2,1-3H3,(H,17,22)(H,18,19)(H,20,24). The van der Waals surface area contributed by atoms with Crippen LogP contribution in [0.1, 0.15) is 19.7 Å². The number of hydrogen-bond acceptors (Lipinski definition) is 5. The Hall–Kier alpha value is -3.10. The fraction of sp³-hybridized carbons (Fsp3) is 0.375. The molecule has 2 heterocycles. The first-order valence-electron chi connectivity index (χ1n) is 7.73. The van der Waals surface area contributed by atoms with Crippen LogP contribution < -0.4 is 15.4 Å². The van der Waals surface area contributed by atoms with Crippen LogP contribution in [0.4, 0.5) is 4.79 Å². The molecule has 132 valence electrons. The van der Waals surface area contributed by atoms with Gasteiger partial charge in [-0.3, -0.25) is 14.5 Å². The van der Waals surface area contributed by atoms with Crippen LogP contribution in [0.2, 0.25) is 0 Å². The average Bonchev–Trinajstić information content (AvgIpc) is 3.05. The van der Waals surface area contributed by atoms with E-state index in [9.17, 15) is 14.4 Å². The molecular weight excluding hydrogens is 326 g/mol. The molecule has 1 aromatic heterocycles. The van der Waals surface area contributed by atoms with Crippen LogP contribution in [0.3, 0.4) is 0 Å². The number of benzene rings is 1. The van der Waals surface area contributed by atoms with E-state index >= 15 is 0 Å². The molecule has 0 saturated carbocycles. The lowest BCUT2D eigenvalue weighted by atomic mass is 10.1. The van der Waals surface area contributed by atoms with Crippen molar-refractivity contribution < 1.29 is 19.1 Å². The van der Waals surface area contributed by atoms with Crippen molar-refractivity contribution >= 4 is 28.9 Å². The zero-order chi connectivity index (χ0) is 18.2. The van der Waals surface area contributed by atoms with Crippen molar-refractivity contribution in [2.75, 3.05) is 13.7 Å². The third-order valence-electron chi connectivity index (χ3n) is 3.94. The Kier molecular flexibility index (Phi) is 4.07. The number of fused-ring (bicyclic) bond motifs is 1. The number of aromatic nitrogens is 2. The van der Waals surface area contributed by atoms with Gasteiger partial charge in [-0.25, -0.2) is 9.78 Å². The number of H-pyrrole nitrogens is 1. The lowest BCUT2D eigenvalue weighted by molar-refractivity contribution is -0.134. The predicted molar refractivity (Wildman–Crippen MR) is 88.8 cm³/mol. The van der Waals surface area contributed by atoms with Crippen LogP contribution >= 0.6 is 0 Å². The zero-order valence-electron chi connectivity index (χ0n) is 14.2. The minimum Gasteiger partial charge on any atom is -0.497 e. The van der Waals surface area contributed by atoms with Crippen LogP contribution in [0.25, 0.3) is 11.0 Å². The number of methoxy groups -OCH3 is 1. The van der Waals surface area contributed by atoms with Gasteiger partial charge >= 0.3 is 6.03 Å². The maximum absolute atomic E-state index is 12.1. The maximum Gasteiger partial charge on any atom is 0.325 e. The monoisotopic (exact) mass is 345 g/mol. The molecule has 0 radical (unpaired) electrons. The molecule has 3 rings (SSSR count). The van der Waals surface area contributed by atoms with Gasteiger partial charge in [-0.2, -0.15) is 0 Å². The van der Waals surface area contributed by atoms with Gasteiger partial charge in [-0.1, -0.05) is 0 Å². The number of nitrogens with zero attached hydrogens (tertiary/aromatic N) is 2. The summed E-state index contributed by atoms with van der Waals surface area (Å²) in [6, 6.07) is 4.85. The summed E-state index contributed by atoms with van der Waals surface area (Å²) in [5, 5.41) is 5.17. The Morgan fingerprint density at radius 3 is 2.76 bits per heavy atom. The quantitative estimate of drug-likeness (QED) is 0.683. The average molecular weight is 345 g/mol. The van der Waals surface area contributed by atoms with Crippen molar-refractivity contribution in [3.8, 4) is 5.75 Å². The maximum atomic E-state index is 12.1. The first-order valence-corrected chi connectivity index (χ1v) is 7.73. The molecule has 1 aromatic carbocycles. The lowest BCUT2D eigenvalue weighted by Crippen LogP contribution is -2.43. The Morgan fingerprint density at radius 2 is 2.12 bits per heavy atom. The van der Waals surface area contributed by atoms with Gasteiger partial charge < -0.3 is 20.4 Å². The predicted octanol–water partition coefficient (Wildman–Crippen LogP) is 0.518. The second kappa shape index (κ2) is 6.08. The normalized spacial score (nSPS) is 16.2. The van der Waals surface area contributed by atoms with Crippen molar-refractivity contribution in [1.29, 1.82) is 0 Å². The first-order chi connectivity index (χ1) is 11.8. The third-order valence-corrected chi connectivity index (χ3v) is 3.94. The molecule has 0 spiro atoms. The summed E-state index contributed by atoms with van der Waals surface area (Å²) < 4.78 is 5.15. The fourth-order valence-corrected chi connectivity index (χ4v) is 2.60. The molecule has 0 aliphatic carbocycles. The number of imide groups is 1. The number of rotatable bonds is 5. The number of urea groups is 1. The van der Waals surface area contributed by atoms with Crippen LogP contribution in [-0.4, -0.2) is 51.9 Å². The van der Waals surface area contributed by atoms with E-state index in [0.29, 0.717) is 11.6 Å². The van der Waals surface area contributed by atoms with Crippen molar-refractivity contribution in [2.24, 2.45) is 0 Å². The van der Waals surface area contributed by atoms with Gasteiger partial charge in [-0.05, 0) is 26.0 Å². The smallest absolute Gasteiger partial charge is 0.325 e. The van der Waals surface area contributed by atoms with Gasteiger partial charge in [-0.15, -0.1) is 0 Å². The molecule has 3 N–H and O–H groups in total. The highest BCUT2D eigenvalue weighted by molar-refractivity contribution is 6.08. The number of aromatic amines is 1. The summed E-state index contributed by atoms with van der Waals surface area (Å²) in [5.41, 5.74) is 0.551. The zero-order valence-corrected chi connectivity index (χ0v) is 14.2. The van der Waals surface area contributed by atoms with E-state index in [4.69, 9.17) is 4.74 Å². The number of nitrogens with one attached hydrogen (secondary N) is 3. The molecule has 1 aliphatic heterocycles. The van der Waals surface area contributed by atoms with Crippen molar-refractivity contribution in [1.82, 2.24) is 25.5 Å². The molecule has 0 unspecified atom stereocenters. The minimum atomic E-state index is -0.991. The molecule has 1 saturated heterocycles. The Morgan fingerprint density at radius 1 is 1.36 bits per heavy atom. The molecule has 1 aliphatic rings. The molecule has 9 heteroatoms. The van der Waals surface area contributed by atoms with E-state index in [-0.39, 0.29) is 13.1 Å². The van der Waals surface area contributed by atoms with Gasteiger partial charge in [0.1, 0.15) is 23.7 Å². The summed E-state index contributed by atoms with van der Waals surface area (Å²) in [7, 11) is 1.58. The van der Waals surface area contributed by atoms with E-state index in [1.54, 1.807) is 27.0 Å². The molecule has 4 amide bonds. The van der Waals surface area contributed by atoms with Gasteiger partial charge in [0, 0.05) is 6.07 Å². The number of hydrogen-bond donors (Lipinski definition) is 3. The van der Waals surface area contributed by atoms with E-state index in [2.05, 4.69) is 20.6 Å².